The van der Waals surface area contributed by atoms with Crippen LogP contribution in [0.1, 0.15) is 5.56 Å². The summed E-state index contributed by atoms with van der Waals surface area (Å²) in [5.41, 5.74) is 11.2. The summed E-state index contributed by atoms with van der Waals surface area (Å²) in [5.74, 6) is 0. The fraction of sp³-hybridized carbons (Fsp3) is 0.0625. The van der Waals surface area contributed by atoms with Crippen molar-refractivity contribution in [1.82, 2.24) is 9.55 Å². The molecule has 2 aromatic carbocycles. The zero-order valence-corrected chi connectivity index (χ0v) is 10.7. The molecule has 0 bridgehead atoms. The Hall–Kier alpha value is -2.55. The molecular weight excluding hydrogens is 234 g/mol. The fourth-order valence-corrected chi connectivity index (χ4v) is 2.29. The van der Waals surface area contributed by atoms with Gasteiger partial charge in [-0.05, 0) is 30.2 Å². The van der Waals surface area contributed by atoms with Crippen LogP contribution in [0.15, 0.2) is 61.2 Å². The zero-order chi connectivity index (χ0) is 13.2. The van der Waals surface area contributed by atoms with Crippen LogP contribution in [0.25, 0.3) is 16.8 Å². The Morgan fingerprint density at radius 2 is 1.84 bits per heavy atom. The quantitative estimate of drug-likeness (QED) is 0.707. The summed E-state index contributed by atoms with van der Waals surface area (Å²) < 4.78 is 2.04. The summed E-state index contributed by atoms with van der Waals surface area (Å²) >= 11 is 0. The zero-order valence-electron chi connectivity index (χ0n) is 10.7. The van der Waals surface area contributed by atoms with Gasteiger partial charge in [-0.3, -0.25) is 0 Å². The lowest BCUT2D eigenvalue weighted by atomic mass is 10.00. The van der Waals surface area contributed by atoms with E-state index in [0.717, 1.165) is 16.9 Å². The van der Waals surface area contributed by atoms with Crippen LogP contribution in [0.3, 0.4) is 0 Å². The summed E-state index contributed by atoms with van der Waals surface area (Å²) in [4.78, 5) is 4.13. The standard InChI is InChI=1S/C16H15N3/c1-12-3-2-4-15(13-5-7-14(17)8-6-13)16(12)19-10-9-18-11-19/h2-11H,17H2,1H3. The minimum absolute atomic E-state index is 0.778. The highest BCUT2D eigenvalue weighted by Gasteiger charge is 2.09. The maximum atomic E-state index is 5.75. The topological polar surface area (TPSA) is 43.8 Å². The van der Waals surface area contributed by atoms with Gasteiger partial charge in [0, 0.05) is 23.6 Å². The van der Waals surface area contributed by atoms with Gasteiger partial charge in [-0.15, -0.1) is 0 Å². The Kier molecular flexibility index (Phi) is 2.80. The molecule has 0 atom stereocenters. The van der Waals surface area contributed by atoms with Crippen molar-refractivity contribution >= 4 is 5.69 Å². The summed E-state index contributed by atoms with van der Waals surface area (Å²) in [6.45, 7) is 2.11. The van der Waals surface area contributed by atoms with Crippen molar-refractivity contribution < 1.29 is 0 Å². The van der Waals surface area contributed by atoms with Gasteiger partial charge in [0.1, 0.15) is 0 Å². The number of hydrogen-bond donors (Lipinski definition) is 1. The third kappa shape index (κ3) is 2.10. The summed E-state index contributed by atoms with van der Waals surface area (Å²) in [5, 5.41) is 0. The van der Waals surface area contributed by atoms with Gasteiger partial charge in [0.05, 0.1) is 12.0 Å². The second-order valence-electron chi connectivity index (χ2n) is 4.56. The van der Waals surface area contributed by atoms with E-state index in [9.17, 15) is 0 Å². The van der Waals surface area contributed by atoms with Gasteiger partial charge >= 0.3 is 0 Å². The van der Waals surface area contributed by atoms with Gasteiger partial charge in [-0.25, -0.2) is 4.98 Å². The van der Waals surface area contributed by atoms with Crippen LogP contribution in [0.5, 0.6) is 0 Å². The number of hydrogen-bond acceptors (Lipinski definition) is 2. The molecule has 3 nitrogen and oxygen atoms in total. The molecule has 0 spiro atoms. The smallest absolute Gasteiger partial charge is 0.0991 e. The Morgan fingerprint density at radius 3 is 2.53 bits per heavy atom. The molecule has 1 heterocycles. The Balaban J connectivity index is 2.22. The van der Waals surface area contributed by atoms with E-state index in [-0.39, 0.29) is 0 Å². The van der Waals surface area contributed by atoms with Gasteiger partial charge in [0.15, 0.2) is 0 Å². The van der Waals surface area contributed by atoms with Crippen molar-refractivity contribution in [3.63, 3.8) is 0 Å². The van der Waals surface area contributed by atoms with Gasteiger partial charge in [-0.1, -0.05) is 30.3 Å². The van der Waals surface area contributed by atoms with E-state index >= 15 is 0 Å². The van der Waals surface area contributed by atoms with E-state index in [1.165, 1.54) is 11.1 Å². The highest BCUT2D eigenvalue weighted by molar-refractivity contribution is 5.75. The first-order chi connectivity index (χ1) is 9.25. The second-order valence-corrected chi connectivity index (χ2v) is 4.56. The molecular formula is C16H15N3. The maximum absolute atomic E-state index is 5.75. The SMILES string of the molecule is Cc1cccc(-c2ccc(N)cc2)c1-n1ccnc1. The summed E-state index contributed by atoms with van der Waals surface area (Å²) in [6, 6.07) is 14.2. The first-order valence-electron chi connectivity index (χ1n) is 6.19. The predicted octanol–water partition coefficient (Wildman–Crippen LogP) is 3.43. The molecule has 0 aliphatic carbocycles. The summed E-state index contributed by atoms with van der Waals surface area (Å²) in [6.07, 6.45) is 5.57. The van der Waals surface area contributed by atoms with Gasteiger partial charge in [0.2, 0.25) is 0 Å². The van der Waals surface area contributed by atoms with E-state index in [0.29, 0.717) is 0 Å². The van der Waals surface area contributed by atoms with E-state index in [2.05, 4.69) is 30.1 Å². The average molecular weight is 249 g/mol. The third-order valence-electron chi connectivity index (χ3n) is 3.22. The number of aryl methyl sites for hydroxylation is 1. The van der Waals surface area contributed by atoms with Crippen LogP contribution in [0.2, 0.25) is 0 Å². The predicted molar refractivity (Wildman–Crippen MR) is 78.1 cm³/mol. The number of para-hydroxylation sites is 1. The Bertz CT molecular complexity index is 683. The minimum Gasteiger partial charge on any atom is -0.399 e. The van der Waals surface area contributed by atoms with Crippen molar-refractivity contribution in [2.24, 2.45) is 0 Å². The molecule has 19 heavy (non-hydrogen) atoms. The molecule has 0 aliphatic heterocycles. The molecule has 0 saturated heterocycles. The number of anilines is 1. The number of aromatic nitrogens is 2. The molecule has 0 unspecified atom stereocenters. The van der Waals surface area contributed by atoms with Crippen molar-refractivity contribution in [1.29, 1.82) is 0 Å². The maximum Gasteiger partial charge on any atom is 0.0991 e. The highest BCUT2D eigenvalue weighted by Crippen LogP contribution is 2.29. The second kappa shape index (κ2) is 4.61. The van der Waals surface area contributed by atoms with E-state index < -0.39 is 0 Å². The van der Waals surface area contributed by atoms with Crippen LogP contribution in [0, 0.1) is 6.92 Å². The van der Waals surface area contributed by atoms with E-state index in [4.69, 9.17) is 5.73 Å². The highest BCUT2D eigenvalue weighted by atomic mass is 15.0. The largest absolute Gasteiger partial charge is 0.399 e. The van der Waals surface area contributed by atoms with Crippen molar-refractivity contribution in [3.05, 3.63) is 66.7 Å². The molecule has 3 heteroatoms. The number of nitrogen functional groups attached to an aromatic ring is 1. The molecule has 1 aromatic heterocycles. The van der Waals surface area contributed by atoms with Crippen LogP contribution < -0.4 is 5.73 Å². The van der Waals surface area contributed by atoms with Crippen LogP contribution in [-0.4, -0.2) is 9.55 Å². The number of nitrogens with two attached hydrogens (primary N) is 1. The molecule has 0 saturated carbocycles. The molecule has 0 aliphatic rings. The Morgan fingerprint density at radius 1 is 1.05 bits per heavy atom. The number of rotatable bonds is 2. The third-order valence-corrected chi connectivity index (χ3v) is 3.22. The number of imidazole rings is 1. The minimum atomic E-state index is 0.778. The van der Waals surface area contributed by atoms with Crippen molar-refractivity contribution in [3.8, 4) is 16.8 Å². The molecule has 3 aromatic rings. The number of nitrogens with zero attached hydrogens (tertiary/aromatic N) is 2. The lowest BCUT2D eigenvalue weighted by Crippen LogP contribution is -1.97. The van der Waals surface area contributed by atoms with E-state index in [1.54, 1.807) is 6.20 Å². The van der Waals surface area contributed by atoms with Crippen LogP contribution >= 0.6 is 0 Å². The molecule has 0 fully saturated rings. The molecule has 94 valence electrons. The van der Waals surface area contributed by atoms with Gasteiger partial charge in [0.25, 0.3) is 0 Å². The molecule has 0 radical (unpaired) electrons. The molecule has 3 rings (SSSR count). The average Bonchev–Trinajstić information content (AvgIpc) is 2.93. The first-order valence-corrected chi connectivity index (χ1v) is 6.19. The first kappa shape index (κ1) is 11.5. The van der Waals surface area contributed by atoms with Crippen molar-refractivity contribution in [2.75, 3.05) is 5.73 Å². The normalized spacial score (nSPS) is 10.6. The lowest BCUT2D eigenvalue weighted by molar-refractivity contribution is 1.04. The fourth-order valence-electron chi connectivity index (χ4n) is 2.29. The van der Waals surface area contributed by atoms with E-state index in [1.807, 2.05) is 41.4 Å². The van der Waals surface area contributed by atoms with Crippen LogP contribution in [-0.2, 0) is 0 Å². The molecule has 2 N–H and O–H groups in total. The van der Waals surface area contributed by atoms with Gasteiger partial charge < -0.3 is 10.3 Å². The van der Waals surface area contributed by atoms with Crippen LogP contribution in [0.4, 0.5) is 5.69 Å². The Labute approximate surface area is 112 Å². The van der Waals surface area contributed by atoms with Crippen molar-refractivity contribution in [2.45, 2.75) is 6.92 Å². The molecule has 0 amide bonds. The summed E-state index contributed by atoms with van der Waals surface area (Å²) in [7, 11) is 0. The number of benzene rings is 2. The monoisotopic (exact) mass is 249 g/mol. The van der Waals surface area contributed by atoms with Gasteiger partial charge in [-0.2, -0.15) is 0 Å². The lowest BCUT2D eigenvalue weighted by Gasteiger charge is -2.13.